The predicted molar refractivity (Wildman–Crippen MR) is 80.9 cm³/mol. The van der Waals surface area contributed by atoms with Gasteiger partial charge in [0, 0.05) is 12.1 Å². The molecule has 0 radical (unpaired) electrons. The van der Waals surface area contributed by atoms with Crippen LogP contribution in [0.1, 0.15) is 31.9 Å². The summed E-state index contributed by atoms with van der Waals surface area (Å²) in [5.41, 5.74) is 1.04. The minimum atomic E-state index is -0.427. The van der Waals surface area contributed by atoms with Crippen molar-refractivity contribution in [3.05, 3.63) is 35.1 Å². The number of amides is 1. The molecule has 0 aromatic heterocycles. The zero-order chi connectivity index (χ0) is 15.1. The second kappa shape index (κ2) is 8.27. The van der Waals surface area contributed by atoms with Crippen LogP contribution in [0, 0.1) is 11.7 Å². The van der Waals surface area contributed by atoms with Crippen molar-refractivity contribution >= 4 is 17.7 Å². The van der Waals surface area contributed by atoms with E-state index in [9.17, 15) is 9.18 Å². The van der Waals surface area contributed by atoms with Gasteiger partial charge in [-0.2, -0.15) is 0 Å². The number of benzene rings is 1. The Morgan fingerprint density at radius 2 is 2.15 bits per heavy atom. The molecule has 2 N–H and O–H groups in total. The summed E-state index contributed by atoms with van der Waals surface area (Å²) in [6, 6.07) is 4.51. The predicted octanol–water partition coefficient (Wildman–Crippen LogP) is 2.71. The Bertz CT molecular complexity index is 451. The van der Waals surface area contributed by atoms with Crippen LogP contribution in [0.2, 0.25) is 0 Å². The number of aliphatic hydroxyl groups is 1. The molecule has 0 spiro atoms. The maximum absolute atomic E-state index is 13.3. The second-order valence-electron chi connectivity index (χ2n) is 4.92. The molecule has 0 heterocycles. The Morgan fingerprint density at radius 3 is 2.70 bits per heavy atom. The molecule has 0 aliphatic heterocycles. The van der Waals surface area contributed by atoms with Crippen LogP contribution in [0.25, 0.3) is 0 Å². The summed E-state index contributed by atoms with van der Waals surface area (Å²) in [7, 11) is 0. The SMILES string of the molecule is CCSC(C(=O)NCc1ccc(F)c(CO)c1)C(C)C. The standard InChI is InChI=1S/C15H22FNO2S/c1-4-20-14(10(2)3)15(19)17-8-11-5-6-13(16)12(7-11)9-18/h5-7,10,14,18H,4,8-9H2,1-3H3,(H,17,19). The average Bonchev–Trinajstić information content (AvgIpc) is 2.43. The van der Waals surface area contributed by atoms with Crippen molar-refractivity contribution in [2.24, 2.45) is 5.92 Å². The van der Waals surface area contributed by atoms with Gasteiger partial charge in [0.15, 0.2) is 0 Å². The van der Waals surface area contributed by atoms with Crippen molar-refractivity contribution in [2.45, 2.75) is 39.2 Å². The minimum absolute atomic E-state index is 0.00160. The van der Waals surface area contributed by atoms with Crippen LogP contribution in [-0.4, -0.2) is 22.0 Å². The first-order valence-electron chi connectivity index (χ1n) is 6.77. The molecule has 0 bridgehead atoms. The van der Waals surface area contributed by atoms with Gasteiger partial charge in [-0.1, -0.05) is 26.8 Å². The van der Waals surface area contributed by atoms with E-state index in [0.29, 0.717) is 6.54 Å². The molecular formula is C15H22FNO2S. The van der Waals surface area contributed by atoms with E-state index in [-0.39, 0.29) is 29.2 Å². The van der Waals surface area contributed by atoms with E-state index in [1.807, 2.05) is 20.8 Å². The van der Waals surface area contributed by atoms with Crippen LogP contribution in [0.15, 0.2) is 18.2 Å². The van der Waals surface area contributed by atoms with Crippen molar-refractivity contribution in [1.82, 2.24) is 5.32 Å². The van der Waals surface area contributed by atoms with Gasteiger partial charge < -0.3 is 10.4 Å². The van der Waals surface area contributed by atoms with Gasteiger partial charge in [0.05, 0.1) is 11.9 Å². The molecule has 5 heteroatoms. The third-order valence-electron chi connectivity index (χ3n) is 2.96. The van der Waals surface area contributed by atoms with E-state index < -0.39 is 5.82 Å². The summed E-state index contributed by atoms with van der Waals surface area (Å²) < 4.78 is 13.3. The van der Waals surface area contributed by atoms with Crippen molar-refractivity contribution in [1.29, 1.82) is 0 Å². The summed E-state index contributed by atoms with van der Waals surface area (Å²) in [6.07, 6.45) is 0. The van der Waals surface area contributed by atoms with Crippen molar-refractivity contribution in [3.8, 4) is 0 Å². The van der Waals surface area contributed by atoms with Crippen LogP contribution in [0.4, 0.5) is 4.39 Å². The van der Waals surface area contributed by atoms with Gasteiger partial charge in [-0.05, 0) is 29.4 Å². The molecule has 0 aliphatic rings. The van der Waals surface area contributed by atoms with Crippen LogP contribution in [0.5, 0.6) is 0 Å². The highest BCUT2D eigenvalue weighted by molar-refractivity contribution is 8.00. The first-order valence-corrected chi connectivity index (χ1v) is 7.81. The summed E-state index contributed by atoms with van der Waals surface area (Å²) in [4.78, 5) is 12.1. The lowest BCUT2D eigenvalue weighted by molar-refractivity contribution is -0.121. The van der Waals surface area contributed by atoms with E-state index >= 15 is 0 Å². The number of rotatable bonds is 7. The molecule has 0 aliphatic carbocycles. The zero-order valence-corrected chi connectivity index (χ0v) is 13.0. The highest BCUT2D eigenvalue weighted by Gasteiger charge is 2.21. The average molecular weight is 299 g/mol. The topological polar surface area (TPSA) is 49.3 Å². The molecule has 112 valence electrons. The van der Waals surface area contributed by atoms with Crippen LogP contribution in [-0.2, 0) is 17.9 Å². The van der Waals surface area contributed by atoms with Crippen molar-refractivity contribution in [3.63, 3.8) is 0 Å². The summed E-state index contributed by atoms with van der Waals surface area (Å²) in [5, 5.41) is 11.8. The lowest BCUT2D eigenvalue weighted by atomic mass is 10.1. The molecule has 1 rings (SSSR count). The fourth-order valence-electron chi connectivity index (χ4n) is 1.90. The van der Waals surface area contributed by atoms with Gasteiger partial charge in [0.25, 0.3) is 0 Å². The third-order valence-corrected chi connectivity index (χ3v) is 4.41. The van der Waals surface area contributed by atoms with Gasteiger partial charge in [-0.25, -0.2) is 4.39 Å². The Labute approximate surface area is 124 Å². The lowest BCUT2D eigenvalue weighted by Crippen LogP contribution is -2.35. The molecular weight excluding hydrogens is 277 g/mol. The van der Waals surface area contributed by atoms with Crippen LogP contribution >= 0.6 is 11.8 Å². The maximum atomic E-state index is 13.3. The van der Waals surface area contributed by atoms with Crippen molar-refractivity contribution < 1.29 is 14.3 Å². The van der Waals surface area contributed by atoms with Gasteiger partial charge in [0.2, 0.25) is 5.91 Å². The molecule has 0 saturated carbocycles. The fourth-order valence-corrected chi connectivity index (χ4v) is 2.88. The Kier molecular flexibility index (Phi) is 7.02. The normalized spacial score (nSPS) is 12.5. The second-order valence-corrected chi connectivity index (χ2v) is 6.34. The summed E-state index contributed by atoms with van der Waals surface area (Å²) >= 11 is 1.63. The molecule has 20 heavy (non-hydrogen) atoms. The number of aliphatic hydroxyl groups excluding tert-OH is 1. The zero-order valence-electron chi connectivity index (χ0n) is 12.1. The number of halogens is 1. The van der Waals surface area contributed by atoms with E-state index in [4.69, 9.17) is 5.11 Å². The third kappa shape index (κ3) is 4.80. The van der Waals surface area contributed by atoms with Gasteiger partial charge in [0.1, 0.15) is 5.82 Å². The van der Waals surface area contributed by atoms with Gasteiger partial charge >= 0.3 is 0 Å². The number of thioether (sulfide) groups is 1. The number of hydrogen-bond acceptors (Lipinski definition) is 3. The largest absolute Gasteiger partial charge is 0.392 e. The maximum Gasteiger partial charge on any atom is 0.233 e. The first-order chi connectivity index (χ1) is 9.49. The van der Waals surface area contributed by atoms with Gasteiger partial charge in [-0.3, -0.25) is 4.79 Å². The quantitative estimate of drug-likeness (QED) is 0.814. The number of carbonyl (C=O) groups is 1. The van der Waals surface area contributed by atoms with Crippen LogP contribution in [0.3, 0.4) is 0 Å². The monoisotopic (exact) mass is 299 g/mol. The molecule has 1 unspecified atom stereocenters. The number of carbonyl (C=O) groups excluding carboxylic acids is 1. The first kappa shape index (κ1) is 17.0. The van der Waals surface area contributed by atoms with E-state index in [1.54, 1.807) is 23.9 Å². The highest BCUT2D eigenvalue weighted by Crippen LogP contribution is 2.19. The van der Waals surface area contributed by atoms with Gasteiger partial charge in [-0.15, -0.1) is 11.8 Å². The molecule has 1 amide bonds. The van der Waals surface area contributed by atoms with Crippen LogP contribution < -0.4 is 5.32 Å². The lowest BCUT2D eigenvalue weighted by Gasteiger charge is -2.19. The molecule has 0 saturated heterocycles. The molecule has 3 nitrogen and oxygen atoms in total. The Hall–Kier alpha value is -1.07. The molecule has 1 atom stereocenters. The molecule has 1 aromatic rings. The molecule has 1 aromatic carbocycles. The Balaban J connectivity index is 2.64. The summed E-state index contributed by atoms with van der Waals surface area (Å²) in [5.74, 6) is 0.730. The molecule has 0 fully saturated rings. The fraction of sp³-hybridized carbons (Fsp3) is 0.533. The summed E-state index contributed by atoms with van der Waals surface area (Å²) in [6.45, 7) is 6.08. The van der Waals surface area contributed by atoms with Crippen molar-refractivity contribution in [2.75, 3.05) is 5.75 Å². The smallest absolute Gasteiger partial charge is 0.233 e. The van der Waals surface area contributed by atoms with E-state index in [1.165, 1.54) is 6.07 Å². The van der Waals surface area contributed by atoms with E-state index in [0.717, 1.165) is 11.3 Å². The Morgan fingerprint density at radius 1 is 1.45 bits per heavy atom. The minimum Gasteiger partial charge on any atom is -0.392 e. The number of hydrogen-bond donors (Lipinski definition) is 2. The van der Waals surface area contributed by atoms with E-state index in [2.05, 4.69) is 5.32 Å². The number of nitrogens with one attached hydrogen (secondary N) is 1. The highest BCUT2D eigenvalue weighted by atomic mass is 32.2.